The minimum atomic E-state index is -0.900. The minimum Gasteiger partial charge on any atom is -0.339 e. The molecule has 0 bridgehead atoms. The number of hydrogen-bond donors (Lipinski definition) is 1. The maximum absolute atomic E-state index is 13.9. The molecule has 0 spiro atoms. The number of halogens is 4. The van der Waals surface area contributed by atoms with Crippen LogP contribution in [0.15, 0.2) is 48.8 Å². The smallest absolute Gasteiger partial charge is 0.252 e. The van der Waals surface area contributed by atoms with Crippen molar-refractivity contribution in [3.05, 3.63) is 93.0 Å². The molecule has 3 aromatic rings. The number of rotatable bonds is 4. The largest absolute Gasteiger partial charge is 0.339 e. The van der Waals surface area contributed by atoms with Gasteiger partial charge in [0.25, 0.3) is 5.91 Å². The molecule has 0 radical (unpaired) electrons. The van der Waals surface area contributed by atoms with Crippen molar-refractivity contribution in [3.63, 3.8) is 0 Å². The van der Waals surface area contributed by atoms with Crippen molar-refractivity contribution in [2.24, 2.45) is 0 Å². The molecule has 0 unspecified atom stereocenters. The topological polar surface area (TPSA) is 78.7 Å². The van der Waals surface area contributed by atoms with Gasteiger partial charge in [-0.2, -0.15) is 5.26 Å². The van der Waals surface area contributed by atoms with Crippen LogP contribution < -0.4 is 5.32 Å². The highest BCUT2D eigenvalue weighted by atomic mass is 35.5. The van der Waals surface area contributed by atoms with Crippen molar-refractivity contribution in [2.75, 3.05) is 0 Å². The van der Waals surface area contributed by atoms with E-state index < -0.39 is 23.6 Å². The molecule has 0 saturated heterocycles. The van der Waals surface area contributed by atoms with Gasteiger partial charge in [-0.15, -0.1) is 0 Å². The number of nitriles is 1. The van der Waals surface area contributed by atoms with Gasteiger partial charge in [0.05, 0.1) is 34.7 Å². The van der Waals surface area contributed by atoms with Crippen LogP contribution in [0.5, 0.6) is 0 Å². The van der Waals surface area contributed by atoms with E-state index in [1.807, 2.05) is 0 Å². The van der Waals surface area contributed by atoms with Gasteiger partial charge >= 0.3 is 0 Å². The first kappa shape index (κ1) is 19.7. The summed E-state index contributed by atoms with van der Waals surface area (Å²) in [6.45, 7) is 0. The lowest BCUT2D eigenvalue weighted by atomic mass is 10.0. The van der Waals surface area contributed by atoms with Crippen LogP contribution in [0.3, 0.4) is 0 Å². The Morgan fingerprint density at radius 2 is 1.86 bits per heavy atom. The Balaban J connectivity index is 1.98. The molecule has 0 saturated carbocycles. The zero-order chi connectivity index (χ0) is 20.3. The second-order valence-corrected chi connectivity index (χ2v) is 6.44. The molecular weight excluding hydrogens is 409 g/mol. The number of nitrogens with zero attached hydrogens (tertiary/aromatic N) is 3. The first-order valence-corrected chi connectivity index (χ1v) is 8.57. The third-order valence-corrected chi connectivity index (χ3v) is 4.34. The summed E-state index contributed by atoms with van der Waals surface area (Å²) in [7, 11) is 0. The molecule has 0 aliphatic rings. The van der Waals surface area contributed by atoms with E-state index in [4.69, 9.17) is 28.5 Å². The molecule has 5 nitrogen and oxygen atoms in total. The van der Waals surface area contributed by atoms with Gasteiger partial charge in [-0.3, -0.25) is 9.78 Å². The quantitative estimate of drug-likeness (QED) is 0.678. The predicted molar refractivity (Wildman–Crippen MR) is 98.9 cm³/mol. The van der Waals surface area contributed by atoms with Gasteiger partial charge in [-0.1, -0.05) is 29.3 Å². The number of nitrogens with one attached hydrogen (secondary N) is 1. The zero-order valence-electron chi connectivity index (χ0n) is 14.0. The molecule has 140 valence electrons. The molecule has 0 fully saturated rings. The summed E-state index contributed by atoms with van der Waals surface area (Å²) in [5.41, 5.74) is 0.434. The summed E-state index contributed by atoms with van der Waals surface area (Å²) < 4.78 is 27.8. The molecule has 1 amide bonds. The minimum absolute atomic E-state index is 0.0159. The average Bonchev–Trinajstić information content (AvgIpc) is 2.69. The van der Waals surface area contributed by atoms with E-state index in [-0.39, 0.29) is 27.0 Å². The number of benzene rings is 2. The van der Waals surface area contributed by atoms with Crippen molar-refractivity contribution < 1.29 is 13.6 Å². The monoisotopic (exact) mass is 418 g/mol. The molecule has 1 N–H and O–H groups in total. The van der Waals surface area contributed by atoms with E-state index in [1.165, 1.54) is 36.7 Å². The van der Waals surface area contributed by atoms with Crippen molar-refractivity contribution in [1.29, 1.82) is 5.26 Å². The summed E-state index contributed by atoms with van der Waals surface area (Å²) in [6.07, 6.45) is 2.61. The Kier molecular flexibility index (Phi) is 5.83. The SMILES string of the molecule is N#Cc1ccc(C(=O)N[C@@H](c2ccc(Cl)c(F)c2)c2cnc(Cl)cn2)cc1F. The van der Waals surface area contributed by atoms with E-state index in [0.29, 0.717) is 5.56 Å². The lowest BCUT2D eigenvalue weighted by molar-refractivity contribution is 0.0941. The standard InChI is InChI=1S/C19H10Cl2F2N4O/c20-13-4-3-10(5-15(13)23)18(16-8-26-17(21)9-25-16)27-19(28)11-1-2-12(7-24)14(22)6-11/h1-6,8-9,18H,(H,27,28)/t18-/m0/s1. The van der Waals surface area contributed by atoms with Crippen LogP contribution in [0.1, 0.15) is 33.2 Å². The molecule has 28 heavy (non-hydrogen) atoms. The van der Waals surface area contributed by atoms with Gasteiger partial charge in [0.2, 0.25) is 0 Å². The van der Waals surface area contributed by atoms with Crippen LogP contribution >= 0.6 is 23.2 Å². The predicted octanol–water partition coefficient (Wildman–Crippen LogP) is 4.45. The summed E-state index contributed by atoms with van der Waals surface area (Å²) in [5, 5.41) is 11.5. The number of carbonyl (C=O) groups is 1. The highest BCUT2D eigenvalue weighted by Crippen LogP contribution is 2.25. The average molecular weight is 419 g/mol. The van der Waals surface area contributed by atoms with Crippen molar-refractivity contribution >= 4 is 29.1 Å². The van der Waals surface area contributed by atoms with Gasteiger partial charge < -0.3 is 5.32 Å². The first-order chi connectivity index (χ1) is 13.4. The number of amides is 1. The third-order valence-electron chi connectivity index (χ3n) is 3.84. The van der Waals surface area contributed by atoms with Crippen LogP contribution in [0.4, 0.5) is 8.78 Å². The number of hydrogen-bond acceptors (Lipinski definition) is 4. The van der Waals surface area contributed by atoms with Gasteiger partial charge in [0.1, 0.15) is 22.9 Å². The van der Waals surface area contributed by atoms with Crippen molar-refractivity contribution in [2.45, 2.75) is 6.04 Å². The lowest BCUT2D eigenvalue weighted by Crippen LogP contribution is -2.30. The van der Waals surface area contributed by atoms with Crippen LogP contribution in [0, 0.1) is 23.0 Å². The number of aromatic nitrogens is 2. The molecule has 2 aromatic carbocycles. The van der Waals surface area contributed by atoms with Gasteiger partial charge in [-0.25, -0.2) is 13.8 Å². The van der Waals surface area contributed by atoms with Gasteiger partial charge in [-0.05, 0) is 35.9 Å². The molecule has 1 heterocycles. The fraction of sp³-hybridized carbons (Fsp3) is 0.0526. The van der Waals surface area contributed by atoms with E-state index >= 15 is 0 Å². The number of carbonyl (C=O) groups excluding carboxylic acids is 1. The second kappa shape index (κ2) is 8.30. The van der Waals surface area contributed by atoms with Crippen molar-refractivity contribution in [1.82, 2.24) is 15.3 Å². The van der Waals surface area contributed by atoms with Gasteiger partial charge in [0.15, 0.2) is 0 Å². The van der Waals surface area contributed by atoms with Gasteiger partial charge in [0, 0.05) is 5.56 Å². The zero-order valence-corrected chi connectivity index (χ0v) is 15.5. The Hall–Kier alpha value is -3.08. The van der Waals surface area contributed by atoms with Crippen molar-refractivity contribution in [3.8, 4) is 6.07 Å². The maximum atomic E-state index is 13.9. The second-order valence-electron chi connectivity index (χ2n) is 5.65. The molecule has 0 aliphatic heterocycles. The van der Waals surface area contributed by atoms with Crippen LogP contribution in [-0.4, -0.2) is 15.9 Å². The summed E-state index contributed by atoms with van der Waals surface area (Å²) in [6, 6.07) is 8.25. The molecule has 1 aromatic heterocycles. The lowest BCUT2D eigenvalue weighted by Gasteiger charge is -2.19. The molecule has 1 atom stereocenters. The molecule has 0 aliphatic carbocycles. The van der Waals surface area contributed by atoms with Crippen LogP contribution in [-0.2, 0) is 0 Å². The Morgan fingerprint density at radius 3 is 2.46 bits per heavy atom. The van der Waals surface area contributed by atoms with E-state index in [2.05, 4.69) is 15.3 Å². The summed E-state index contributed by atoms with van der Waals surface area (Å²) in [5.74, 6) is -2.15. The Labute approximate surface area is 168 Å². The van der Waals surface area contributed by atoms with E-state index in [9.17, 15) is 13.6 Å². The Bertz CT molecular complexity index is 1080. The summed E-state index contributed by atoms with van der Waals surface area (Å²) >= 11 is 11.5. The van der Waals surface area contributed by atoms with Crippen LogP contribution in [0.25, 0.3) is 0 Å². The first-order valence-electron chi connectivity index (χ1n) is 7.82. The van der Waals surface area contributed by atoms with E-state index in [0.717, 1.165) is 12.1 Å². The molecular formula is C19H10Cl2F2N4O. The maximum Gasteiger partial charge on any atom is 0.252 e. The highest BCUT2D eigenvalue weighted by molar-refractivity contribution is 6.30. The fourth-order valence-corrected chi connectivity index (χ4v) is 2.67. The third kappa shape index (κ3) is 4.25. The Morgan fingerprint density at radius 1 is 1.07 bits per heavy atom. The normalized spacial score (nSPS) is 11.5. The molecule has 9 heteroatoms. The molecule has 3 rings (SSSR count). The highest BCUT2D eigenvalue weighted by Gasteiger charge is 2.21. The summed E-state index contributed by atoms with van der Waals surface area (Å²) in [4.78, 5) is 20.7. The van der Waals surface area contributed by atoms with Crippen LogP contribution in [0.2, 0.25) is 10.2 Å². The van der Waals surface area contributed by atoms with E-state index in [1.54, 1.807) is 6.07 Å². The fourth-order valence-electron chi connectivity index (χ4n) is 2.45.